The van der Waals surface area contributed by atoms with E-state index in [0.29, 0.717) is 6.54 Å². The van der Waals surface area contributed by atoms with Crippen molar-refractivity contribution < 1.29 is 9.53 Å². The summed E-state index contributed by atoms with van der Waals surface area (Å²) >= 11 is 1.87. The maximum absolute atomic E-state index is 12.5. The van der Waals surface area contributed by atoms with Crippen LogP contribution in [0.4, 0.5) is 4.79 Å². The average Bonchev–Trinajstić information content (AvgIpc) is 3.15. The van der Waals surface area contributed by atoms with Crippen LogP contribution in [0.25, 0.3) is 0 Å². The Morgan fingerprint density at radius 3 is 2.20 bits per heavy atom. The monoisotopic (exact) mass is 356 g/mol. The van der Waals surface area contributed by atoms with Crippen LogP contribution < -0.4 is 10.6 Å². The maximum Gasteiger partial charge on any atom is 0.315 e. The molecule has 1 saturated heterocycles. The van der Waals surface area contributed by atoms with Crippen molar-refractivity contribution in [2.45, 2.75) is 18.1 Å². The number of carbonyl (C=O) groups is 1. The van der Waals surface area contributed by atoms with Gasteiger partial charge >= 0.3 is 6.03 Å². The van der Waals surface area contributed by atoms with E-state index in [1.54, 1.807) is 7.11 Å². The van der Waals surface area contributed by atoms with E-state index in [-0.39, 0.29) is 17.7 Å². The van der Waals surface area contributed by atoms with Crippen LogP contribution in [-0.4, -0.2) is 36.8 Å². The second kappa shape index (κ2) is 8.41. The largest absolute Gasteiger partial charge is 0.376 e. The van der Waals surface area contributed by atoms with E-state index < -0.39 is 0 Å². The lowest BCUT2D eigenvalue weighted by atomic mass is 9.99. The van der Waals surface area contributed by atoms with Crippen molar-refractivity contribution in [3.05, 3.63) is 71.8 Å². The third-order valence-electron chi connectivity index (χ3n) is 4.61. The molecular weight excluding hydrogens is 332 g/mol. The first kappa shape index (κ1) is 17.8. The third-order valence-corrected chi connectivity index (χ3v) is 5.84. The van der Waals surface area contributed by atoms with Gasteiger partial charge in [-0.05, 0) is 23.3 Å². The highest BCUT2D eigenvalue weighted by molar-refractivity contribution is 7.99. The molecule has 1 aliphatic heterocycles. The molecule has 0 aliphatic carbocycles. The molecule has 4 nitrogen and oxygen atoms in total. The number of hydrogen-bond acceptors (Lipinski definition) is 3. The van der Waals surface area contributed by atoms with Crippen LogP contribution in [0.5, 0.6) is 0 Å². The summed E-state index contributed by atoms with van der Waals surface area (Å²) in [5, 5.41) is 6.10. The molecule has 0 saturated carbocycles. The first-order valence-corrected chi connectivity index (χ1v) is 9.65. The van der Waals surface area contributed by atoms with Gasteiger partial charge < -0.3 is 15.4 Å². The number of rotatable bonds is 6. The lowest BCUT2D eigenvalue weighted by molar-refractivity contribution is 0.0157. The summed E-state index contributed by atoms with van der Waals surface area (Å²) in [6.45, 7) is 0.526. The molecule has 132 valence electrons. The zero-order valence-electron chi connectivity index (χ0n) is 14.4. The fourth-order valence-corrected chi connectivity index (χ4v) is 4.43. The number of ether oxygens (including phenoxy) is 1. The predicted octanol–water partition coefficient (Wildman–Crippen LogP) is 3.60. The molecule has 2 amide bonds. The van der Waals surface area contributed by atoms with Gasteiger partial charge in [0.15, 0.2) is 0 Å². The fourth-order valence-electron chi connectivity index (χ4n) is 3.03. The molecule has 3 rings (SSSR count). The molecule has 1 fully saturated rings. The normalized spacial score (nSPS) is 19.8. The minimum Gasteiger partial charge on any atom is -0.376 e. The van der Waals surface area contributed by atoms with E-state index in [2.05, 4.69) is 10.6 Å². The van der Waals surface area contributed by atoms with E-state index in [4.69, 9.17) is 4.74 Å². The Bertz CT molecular complexity index is 633. The highest BCUT2D eigenvalue weighted by atomic mass is 32.2. The van der Waals surface area contributed by atoms with Crippen LogP contribution in [0.15, 0.2) is 60.7 Å². The number of benzene rings is 2. The van der Waals surface area contributed by atoms with Crippen LogP contribution >= 0.6 is 11.8 Å². The van der Waals surface area contributed by atoms with Crippen molar-refractivity contribution in [3.8, 4) is 0 Å². The van der Waals surface area contributed by atoms with Crippen molar-refractivity contribution in [3.63, 3.8) is 0 Å². The number of hydrogen-bond donors (Lipinski definition) is 2. The minimum absolute atomic E-state index is 0.175. The minimum atomic E-state index is -0.239. The number of carbonyl (C=O) groups excluding carboxylic acids is 1. The molecule has 5 heteroatoms. The molecule has 2 aromatic rings. The van der Waals surface area contributed by atoms with Crippen molar-refractivity contribution in [1.82, 2.24) is 10.6 Å². The highest BCUT2D eigenvalue weighted by Crippen LogP contribution is 2.30. The van der Waals surface area contributed by atoms with Gasteiger partial charge in [-0.1, -0.05) is 60.7 Å². The molecule has 1 aliphatic rings. The van der Waals surface area contributed by atoms with Gasteiger partial charge in [0.25, 0.3) is 0 Å². The molecule has 0 radical (unpaired) electrons. The van der Waals surface area contributed by atoms with Crippen LogP contribution in [0.1, 0.15) is 23.6 Å². The predicted molar refractivity (Wildman–Crippen MR) is 103 cm³/mol. The quantitative estimate of drug-likeness (QED) is 0.831. The van der Waals surface area contributed by atoms with Crippen LogP contribution in [0.3, 0.4) is 0 Å². The number of amides is 2. The highest BCUT2D eigenvalue weighted by Gasteiger charge is 2.34. The zero-order chi connectivity index (χ0) is 17.5. The molecule has 2 N–H and O–H groups in total. The molecule has 1 heterocycles. The van der Waals surface area contributed by atoms with Crippen molar-refractivity contribution in [2.75, 3.05) is 25.2 Å². The molecule has 0 spiro atoms. The number of nitrogens with one attached hydrogen (secondary N) is 2. The Morgan fingerprint density at radius 1 is 1.12 bits per heavy atom. The van der Waals surface area contributed by atoms with Gasteiger partial charge in [-0.25, -0.2) is 4.79 Å². The first-order chi connectivity index (χ1) is 12.2. The Hall–Kier alpha value is -1.98. The molecule has 25 heavy (non-hydrogen) atoms. The van der Waals surface area contributed by atoms with E-state index in [9.17, 15) is 4.79 Å². The molecular formula is C20H24N2O2S. The van der Waals surface area contributed by atoms with Gasteiger partial charge in [0, 0.05) is 19.4 Å². The molecule has 0 unspecified atom stereocenters. The fraction of sp³-hybridized carbons (Fsp3) is 0.350. The second-order valence-corrected chi connectivity index (χ2v) is 7.38. The Morgan fingerprint density at radius 2 is 1.72 bits per heavy atom. The standard InChI is InChI=1S/C20H24N2O2S/c1-24-20(12-13-25-15-20)14-21-19(23)22-18(16-8-4-2-5-9-16)17-10-6-3-7-11-17/h2-11,18H,12-15H2,1H3,(H2,21,22,23)/t20-/m0/s1. The van der Waals surface area contributed by atoms with Crippen LogP contribution in [0, 0.1) is 0 Å². The average molecular weight is 356 g/mol. The second-order valence-electron chi connectivity index (χ2n) is 6.27. The molecule has 0 bridgehead atoms. The summed E-state index contributed by atoms with van der Waals surface area (Å²) in [7, 11) is 1.72. The summed E-state index contributed by atoms with van der Waals surface area (Å²) in [6.07, 6.45) is 0.968. The summed E-state index contributed by atoms with van der Waals surface area (Å²) in [5.74, 6) is 2.00. The maximum atomic E-state index is 12.5. The van der Waals surface area contributed by atoms with E-state index in [1.807, 2.05) is 72.4 Å². The van der Waals surface area contributed by atoms with E-state index in [0.717, 1.165) is 29.1 Å². The molecule has 1 atom stereocenters. The Labute approximate surface area is 153 Å². The Balaban J connectivity index is 1.69. The van der Waals surface area contributed by atoms with Crippen LogP contribution in [-0.2, 0) is 4.74 Å². The SMILES string of the molecule is CO[C@]1(CNC(=O)NC(c2ccccc2)c2ccccc2)CCSC1. The summed E-state index contributed by atoms with van der Waals surface area (Å²) in [5.41, 5.74) is 1.88. The van der Waals surface area contributed by atoms with Gasteiger partial charge in [-0.3, -0.25) is 0 Å². The Kier molecular flexibility index (Phi) is 6.00. The van der Waals surface area contributed by atoms with Crippen molar-refractivity contribution >= 4 is 17.8 Å². The number of thioether (sulfide) groups is 1. The van der Waals surface area contributed by atoms with Crippen molar-refractivity contribution in [1.29, 1.82) is 0 Å². The summed E-state index contributed by atoms with van der Waals surface area (Å²) in [6, 6.07) is 19.7. The lowest BCUT2D eigenvalue weighted by Crippen LogP contribution is -2.48. The van der Waals surface area contributed by atoms with Crippen LogP contribution in [0.2, 0.25) is 0 Å². The first-order valence-electron chi connectivity index (χ1n) is 8.50. The van der Waals surface area contributed by atoms with Gasteiger partial charge in [0.1, 0.15) is 0 Å². The van der Waals surface area contributed by atoms with Gasteiger partial charge in [0.05, 0.1) is 11.6 Å². The van der Waals surface area contributed by atoms with E-state index in [1.165, 1.54) is 0 Å². The smallest absolute Gasteiger partial charge is 0.315 e. The summed E-state index contributed by atoms with van der Waals surface area (Å²) in [4.78, 5) is 12.5. The van der Waals surface area contributed by atoms with Crippen molar-refractivity contribution in [2.24, 2.45) is 0 Å². The summed E-state index contributed by atoms with van der Waals surface area (Å²) < 4.78 is 5.66. The number of methoxy groups -OCH3 is 1. The third kappa shape index (κ3) is 4.55. The number of urea groups is 1. The van der Waals surface area contributed by atoms with E-state index >= 15 is 0 Å². The topological polar surface area (TPSA) is 50.4 Å². The van der Waals surface area contributed by atoms with Gasteiger partial charge in [-0.15, -0.1) is 0 Å². The van der Waals surface area contributed by atoms with Gasteiger partial charge in [0.2, 0.25) is 0 Å². The lowest BCUT2D eigenvalue weighted by Gasteiger charge is -2.27. The zero-order valence-corrected chi connectivity index (χ0v) is 15.2. The molecule has 0 aromatic heterocycles. The molecule has 2 aromatic carbocycles. The van der Waals surface area contributed by atoms with Gasteiger partial charge in [-0.2, -0.15) is 11.8 Å².